The molecule has 100 valence electrons. The van der Waals surface area contributed by atoms with Gasteiger partial charge in [-0.3, -0.25) is 0 Å². The molecular weight excluding hydrogens is 220 g/mol. The van der Waals surface area contributed by atoms with Crippen LogP contribution in [0.4, 0.5) is 0 Å². The van der Waals surface area contributed by atoms with E-state index in [1.807, 2.05) is 0 Å². The van der Waals surface area contributed by atoms with Crippen LogP contribution in [0.3, 0.4) is 0 Å². The molecule has 1 saturated heterocycles. The summed E-state index contributed by atoms with van der Waals surface area (Å²) in [7, 11) is 2.23. The molecule has 1 N–H and O–H groups in total. The van der Waals surface area contributed by atoms with Crippen LogP contribution in [0.5, 0.6) is 0 Å². The molecule has 1 unspecified atom stereocenters. The van der Waals surface area contributed by atoms with Gasteiger partial charge in [-0.25, -0.2) is 0 Å². The van der Waals surface area contributed by atoms with Gasteiger partial charge in [-0.05, 0) is 38.9 Å². The van der Waals surface area contributed by atoms with Crippen molar-refractivity contribution < 1.29 is 0 Å². The SMILES string of the molecule is Cc1cccc(CN(C)CC2CCCCCN2)c1. The van der Waals surface area contributed by atoms with Crippen molar-refractivity contribution in [2.24, 2.45) is 0 Å². The van der Waals surface area contributed by atoms with Crippen molar-refractivity contribution in [3.05, 3.63) is 35.4 Å². The summed E-state index contributed by atoms with van der Waals surface area (Å²) in [5, 5.41) is 3.67. The van der Waals surface area contributed by atoms with E-state index in [0.717, 1.165) is 13.1 Å². The molecule has 2 heteroatoms. The van der Waals surface area contributed by atoms with Crippen LogP contribution in [-0.2, 0) is 6.54 Å². The first-order valence-electron chi connectivity index (χ1n) is 7.21. The van der Waals surface area contributed by atoms with Gasteiger partial charge in [-0.2, -0.15) is 0 Å². The Hall–Kier alpha value is -0.860. The molecule has 0 saturated carbocycles. The third-order valence-electron chi connectivity index (χ3n) is 3.73. The molecule has 0 aromatic heterocycles. The zero-order valence-electron chi connectivity index (χ0n) is 11.8. The number of aryl methyl sites for hydroxylation is 1. The number of benzene rings is 1. The summed E-state index contributed by atoms with van der Waals surface area (Å²) < 4.78 is 0. The summed E-state index contributed by atoms with van der Waals surface area (Å²) in [6.45, 7) is 5.58. The average Bonchev–Trinajstić information content (AvgIpc) is 2.57. The predicted octanol–water partition coefficient (Wildman–Crippen LogP) is 2.96. The average molecular weight is 246 g/mol. The van der Waals surface area contributed by atoms with Crippen LogP contribution in [0, 0.1) is 6.92 Å². The first-order valence-corrected chi connectivity index (χ1v) is 7.21. The number of nitrogens with zero attached hydrogens (tertiary/aromatic N) is 1. The summed E-state index contributed by atoms with van der Waals surface area (Å²) in [5.74, 6) is 0. The highest BCUT2D eigenvalue weighted by atomic mass is 15.1. The van der Waals surface area contributed by atoms with Gasteiger partial charge in [0.05, 0.1) is 0 Å². The Bertz CT molecular complexity index is 354. The maximum Gasteiger partial charge on any atom is 0.0231 e. The number of nitrogens with one attached hydrogen (secondary N) is 1. The fourth-order valence-corrected chi connectivity index (χ4v) is 2.82. The fourth-order valence-electron chi connectivity index (χ4n) is 2.82. The van der Waals surface area contributed by atoms with E-state index in [9.17, 15) is 0 Å². The van der Waals surface area contributed by atoms with Crippen molar-refractivity contribution in [3.63, 3.8) is 0 Å². The van der Waals surface area contributed by atoms with E-state index in [0.29, 0.717) is 6.04 Å². The molecule has 1 aliphatic heterocycles. The number of hydrogen-bond acceptors (Lipinski definition) is 2. The summed E-state index contributed by atoms with van der Waals surface area (Å²) in [6, 6.07) is 9.52. The largest absolute Gasteiger partial charge is 0.313 e. The van der Waals surface area contributed by atoms with Gasteiger partial charge in [0.15, 0.2) is 0 Å². The quantitative estimate of drug-likeness (QED) is 0.878. The predicted molar refractivity (Wildman–Crippen MR) is 77.8 cm³/mol. The molecule has 1 aliphatic rings. The standard InChI is InChI=1S/C16H26N2/c1-14-7-6-8-15(11-14)12-18(2)13-16-9-4-3-5-10-17-16/h6-8,11,16-17H,3-5,9-10,12-13H2,1-2H3. The fraction of sp³-hybridized carbons (Fsp3) is 0.625. The molecule has 18 heavy (non-hydrogen) atoms. The minimum atomic E-state index is 0.683. The Kier molecular flexibility index (Phi) is 5.21. The zero-order chi connectivity index (χ0) is 12.8. The van der Waals surface area contributed by atoms with E-state index in [-0.39, 0.29) is 0 Å². The van der Waals surface area contributed by atoms with Crippen LogP contribution in [0.25, 0.3) is 0 Å². The first kappa shape index (κ1) is 13.6. The van der Waals surface area contributed by atoms with E-state index >= 15 is 0 Å². The van der Waals surface area contributed by atoms with Crippen molar-refractivity contribution in [3.8, 4) is 0 Å². The molecule has 0 bridgehead atoms. The number of likely N-dealkylation sites (N-methyl/N-ethyl adjacent to an activating group) is 1. The summed E-state index contributed by atoms with van der Waals surface area (Å²) in [5.41, 5.74) is 2.78. The van der Waals surface area contributed by atoms with Gasteiger partial charge in [-0.15, -0.1) is 0 Å². The molecule has 0 aliphatic carbocycles. The van der Waals surface area contributed by atoms with Gasteiger partial charge >= 0.3 is 0 Å². The second-order valence-electron chi connectivity index (χ2n) is 5.69. The number of hydrogen-bond donors (Lipinski definition) is 1. The van der Waals surface area contributed by atoms with Crippen molar-refractivity contribution >= 4 is 0 Å². The molecule has 0 amide bonds. The second kappa shape index (κ2) is 6.91. The normalized spacial score (nSPS) is 20.9. The summed E-state index contributed by atoms with van der Waals surface area (Å²) in [6.07, 6.45) is 5.46. The third kappa shape index (κ3) is 4.43. The van der Waals surface area contributed by atoms with E-state index in [1.165, 1.54) is 43.4 Å². The van der Waals surface area contributed by atoms with Crippen molar-refractivity contribution in [2.45, 2.75) is 45.2 Å². The Morgan fingerprint density at radius 2 is 2.17 bits per heavy atom. The van der Waals surface area contributed by atoms with Crippen LogP contribution >= 0.6 is 0 Å². The molecule has 2 rings (SSSR count). The van der Waals surface area contributed by atoms with Crippen LogP contribution in [0.1, 0.15) is 36.8 Å². The molecule has 1 atom stereocenters. The van der Waals surface area contributed by atoms with Gasteiger partial charge in [0.25, 0.3) is 0 Å². The lowest BCUT2D eigenvalue weighted by Crippen LogP contribution is -2.38. The highest BCUT2D eigenvalue weighted by Crippen LogP contribution is 2.11. The lowest BCUT2D eigenvalue weighted by Gasteiger charge is -2.24. The van der Waals surface area contributed by atoms with E-state index in [1.54, 1.807) is 0 Å². The van der Waals surface area contributed by atoms with Crippen molar-refractivity contribution in [1.29, 1.82) is 0 Å². The molecule has 2 nitrogen and oxygen atoms in total. The molecule has 1 aromatic carbocycles. The summed E-state index contributed by atoms with van der Waals surface area (Å²) >= 11 is 0. The maximum absolute atomic E-state index is 3.67. The maximum atomic E-state index is 3.67. The smallest absolute Gasteiger partial charge is 0.0231 e. The van der Waals surface area contributed by atoms with E-state index < -0.39 is 0 Å². The second-order valence-corrected chi connectivity index (χ2v) is 5.69. The topological polar surface area (TPSA) is 15.3 Å². The molecule has 1 heterocycles. The van der Waals surface area contributed by atoms with E-state index in [2.05, 4.69) is 48.5 Å². The Morgan fingerprint density at radius 1 is 1.28 bits per heavy atom. The molecule has 1 aromatic rings. The Labute approximate surface area is 111 Å². The van der Waals surface area contributed by atoms with E-state index in [4.69, 9.17) is 0 Å². The van der Waals surface area contributed by atoms with Gasteiger partial charge < -0.3 is 10.2 Å². The zero-order valence-corrected chi connectivity index (χ0v) is 11.8. The Balaban J connectivity index is 1.82. The highest BCUT2D eigenvalue weighted by Gasteiger charge is 2.13. The molecule has 1 fully saturated rings. The summed E-state index contributed by atoms with van der Waals surface area (Å²) in [4.78, 5) is 2.44. The molecule has 0 spiro atoms. The van der Waals surface area contributed by atoms with Gasteiger partial charge in [0.2, 0.25) is 0 Å². The molecular formula is C16H26N2. The van der Waals surface area contributed by atoms with Crippen LogP contribution in [0.2, 0.25) is 0 Å². The minimum Gasteiger partial charge on any atom is -0.313 e. The highest BCUT2D eigenvalue weighted by molar-refractivity contribution is 5.22. The van der Waals surface area contributed by atoms with Gasteiger partial charge in [0.1, 0.15) is 0 Å². The van der Waals surface area contributed by atoms with Gasteiger partial charge in [-0.1, -0.05) is 42.7 Å². The lowest BCUT2D eigenvalue weighted by atomic mass is 10.1. The Morgan fingerprint density at radius 3 is 3.00 bits per heavy atom. The van der Waals surface area contributed by atoms with Crippen molar-refractivity contribution in [1.82, 2.24) is 10.2 Å². The van der Waals surface area contributed by atoms with Crippen LogP contribution in [-0.4, -0.2) is 31.1 Å². The monoisotopic (exact) mass is 246 g/mol. The number of rotatable bonds is 4. The first-order chi connectivity index (χ1) is 8.74. The lowest BCUT2D eigenvalue weighted by molar-refractivity contribution is 0.278. The van der Waals surface area contributed by atoms with Crippen LogP contribution < -0.4 is 5.32 Å². The van der Waals surface area contributed by atoms with Crippen molar-refractivity contribution in [2.75, 3.05) is 20.1 Å². The molecule has 0 radical (unpaired) electrons. The van der Waals surface area contributed by atoms with Gasteiger partial charge in [0, 0.05) is 19.1 Å². The van der Waals surface area contributed by atoms with Crippen LogP contribution in [0.15, 0.2) is 24.3 Å². The minimum absolute atomic E-state index is 0.683. The third-order valence-corrected chi connectivity index (χ3v) is 3.73.